The van der Waals surface area contributed by atoms with Gasteiger partial charge in [-0.15, -0.1) is 0 Å². The Morgan fingerprint density at radius 2 is 2.00 bits per heavy atom. The summed E-state index contributed by atoms with van der Waals surface area (Å²) in [5, 5.41) is 9.10. The van der Waals surface area contributed by atoms with Crippen molar-refractivity contribution in [2.45, 2.75) is 39.3 Å². The van der Waals surface area contributed by atoms with Crippen LogP contribution in [-0.2, 0) is 6.54 Å². The number of hydrogen-bond acceptors (Lipinski definition) is 5. The molecule has 17 heavy (non-hydrogen) atoms. The Balaban J connectivity index is 2.68. The first-order valence-corrected chi connectivity index (χ1v) is 6.12. The smallest absolute Gasteiger partial charge is 0.141 e. The van der Waals surface area contributed by atoms with E-state index in [9.17, 15) is 0 Å². The van der Waals surface area contributed by atoms with Crippen molar-refractivity contribution < 1.29 is 5.11 Å². The number of aliphatic hydroxyl groups is 1. The Hall–Kier alpha value is -1.20. The number of nitrogen functional groups attached to an aromatic ring is 1. The van der Waals surface area contributed by atoms with Crippen LogP contribution in [0.25, 0.3) is 0 Å². The average Bonchev–Trinajstić information content (AvgIpc) is 2.34. The topological polar surface area (TPSA) is 75.3 Å². The van der Waals surface area contributed by atoms with Crippen molar-refractivity contribution in [3.05, 3.63) is 18.1 Å². The fourth-order valence-corrected chi connectivity index (χ4v) is 1.98. The monoisotopic (exact) mass is 238 g/mol. The Bertz CT molecular complexity index is 311. The van der Waals surface area contributed by atoms with E-state index in [-0.39, 0.29) is 6.61 Å². The number of hydrogen-bond donors (Lipinski definition) is 2. The van der Waals surface area contributed by atoms with Crippen molar-refractivity contribution in [2.75, 3.05) is 18.9 Å². The third kappa shape index (κ3) is 4.28. The van der Waals surface area contributed by atoms with Gasteiger partial charge in [0.2, 0.25) is 0 Å². The van der Waals surface area contributed by atoms with Gasteiger partial charge in [-0.05, 0) is 12.8 Å². The second-order valence-electron chi connectivity index (χ2n) is 4.10. The predicted molar refractivity (Wildman–Crippen MR) is 68.3 cm³/mol. The molecule has 0 radical (unpaired) electrons. The fraction of sp³-hybridized carbons (Fsp3) is 0.667. The minimum absolute atomic E-state index is 0.166. The van der Waals surface area contributed by atoms with Crippen LogP contribution in [0.5, 0.6) is 0 Å². The molecule has 5 nitrogen and oxygen atoms in total. The summed E-state index contributed by atoms with van der Waals surface area (Å²) in [5.41, 5.74) is 6.39. The molecule has 0 aromatic carbocycles. The minimum atomic E-state index is 0.166. The molecule has 0 aliphatic rings. The summed E-state index contributed by atoms with van der Waals surface area (Å²) in [7, 11) is 0. The largest absolute Gasteiger partial charge is 0.395 e. The first-order chi connectivity index (χ1) is 8.21. The zero-order valence-corrected chi connectivity index (χ0v) is 10.6. The summed E-state index contributed by atoms with van der Waals surface area (Å²) in [6.45, 7) is 5.86. The van der Waals surface area contributed by atoms with Crippen LogP contribution in [0.1, 0.15) is 32.4 Å². The highest BCUT2D eigenvalue weighted by atomic mass is 16.3. The lowest BCUT2D eigenvalue weighted by Crippen LogP contribution is -2.36. The van der Waals surface area contributed by atoms with Crippen LogP contribution in [0.3, 0.4) is 0 Å². The van der Waals surface area contributed by atoms with E-state index in [1.54, 1.807) is 12.4 Å². The Labute approximate surface area is 103 Å². The molecule has 3 N–H and O–H groups in total. The van der Waals surface area contributed by atoms with E-state index in [1.807, 2.05) is 0 Å². The SMILES string of the molecule is CCC(CC)N(CCO)Cc1cnc(N)cn1. The number of aliphatic hydroxyl groups excluding tert-OH is 1. The molecule has 0 spiro atoms. The van der Waals surface area contributed by atoms with Crippen LogP contribution in [-0.4, -0.2) is 39.2 Å². The number of nitrogens with two attached hydrogens (primary N) is 1. The summed E-state index contributed by atoms with van der Waals surface area (Å²) in [5.74, 6) is 0.435. The van der Waals surface area contributed by atoms with Gasteiger partial charge in [0, 0.05) is 19.1 Å². The van der Waals surface area contributed by atoms with E-state index >= 15 is 0 Å². The molecule has 1 heterocycles. The molecule has 0 amide bonds. The summed E-state index contributed by atoms with van der Waals surface area (Å²) >= 11 is 0. The molecule has 0 atom stereocenters. The quantitative estimate of drug-likeness (QED) is 0.742. The maximum absolute atomic E-state index is 9.10. The summed E-state index contributed by atoms with van der Waals surface area (Å²) in [4.78, 5) is 10.5. The van der Waals surface area contributed by atoms with E-state index in [1.165, 1.54) is 0 Å². The molecular weight excluding hydrogens is 216 g/mol. The molecule has 1 aromatic heterocycles. The zero-order chi connectivity index (χ0) is 12.7. The minimum Gasteiger partial charge on any atom is -0.395 e. The van der Waals surface area contributed by atoms with E-state index in [0.717, 1.165) is 18.5 Å². The van der Waals surface area contributed by atoms with Gasteiger partial charge in [-0.25, -0.2) is 4.98 Å². The first kappa shape index (κ1) is 13.9. The molecule has 0 aliphatic heterocycles. The Morgan fingerprint density at radius 1 is 1.29 bits per heavy atom. The van der Waals surface area contributed by atoms with E-state index in [4.69, 9.17) is 10.8 Å². The van der Waals surface area contributed by atoms with Crippen LogP contribution in [0.4, 0.5) is 5.82 Å². The molecule has 96 valence electrons. The average molecular weight is 238 g/mol. The molecule has 1 rings (SSSR count). The summed E-state index contributed by atoms with van der Waals surface area (Å²) in [6.07, 6.45) is 5.40. The zero-order valence-electron chi connectivity index (χ0n) is 10.6. The van der Waals surface area contributed by atoms with Crippen LogP contribution in [0.2, 0.25) is 0 Å². The van der Waals surface area contributed by atoms with Crippen molar-refractivity contribution in [1.29, 1.82) is 0 Å². The number of anilines is 1. The maximum atomic E-state index is 9.10. The van der Waals surface area contributed by atoms with Crippen LogP contribution in [0, 0.1) is 0 Å². The van der Waals surface area contributed by atoms with E-state index in [2.05, 4.69) is 28.7 Å². The normalized spacial score (nSPS) is 11.4. The van der Waals surface area contributed by atoms with Gasteiger partial charge < -0.3 is 10.8 Å². The third-order valence-corrected chi connectivity index (χ3v) is 2.94. The standard InChI is InChI=1S/C12H22N4O/c1-3-11(4-2)16(5-6-17)9-10-7-15-12(13)8-14-10/h7-8,11,17H,3-6,9H2,1-2H3,(H2,13,15). The molecular formula is C12H22N4O. The molecule has 0 aliphatic carbocycles. The third-order valence-electron chi connectivity index (χ3n) is 2.94. The molecule has 0 unspecified atom stereocenters. The van der Waals surface area contributed by atoms with Gasteiger partial charge in [-0.2, -0.15) is 0 Å². The lowest BCUT2D eigenvalue weighted by atomic mass is 10.1. The summed E-state index contributed by atoms with van der Waals surface area (Å²) in [6, 6.07) is 0.474. The predicted octanol–water partition coefficient (Wildman–Crippen LogP) is 1.04. The van der Waals surface area contributed by atoms with E-state index < -0.39 is 0 Å². The number of aromatic nitrogens is 2. The highest BCUT2D eigenvalue weighted by Gasteiger charge is 2.15. The lowest BCUT2D eigenvalue weighted by molar-refractivity contribution is 0.135. The van der Waals surface area contributed by atoms with Crippen molar-refractivity contribution in [2.24, 2.45) is 0 Å². The summed E-state index contributed by atoms with van der Waals surface area (Å²) < 4.78 is 0. The Kier molecular flexibility index (Phi) is 5.86. The van der Waals surface area contributed by atoms with Crippen molar-refractivity contribution in [3.63, 3.8) is 0 Å². The van der Waals surface area contributed by atoms with Gasteiger partial charge in [-0.1, -0.05) is 13.8 Å². The fourth-order valence-electron chi connectivity index (χ4n) is 1.98. The molecule has 0 fully saturated rings. The Morgan fingerprint density at radius 3 is 2.47 bits per heavy atom. The number of rotatable bonds is 7. The molecule has 0 saturated carbocycles. The van der Waals surface area contributed by atoms with E-state index in [0.29, 0.717) is 24.9 Å². The van der Waals surface area contributed by atoms with Gasteiger partial charge in [0.15, 0.2) is 0 Å². The van der Waals surface area contributed by atoms with Crippen molar-refractivity contribution in [3.8, 4) is 0 Å². The molecule has 5 heteroatoms. The molecule has 0 saturated heterocycles. The van der Waals surface area contributed by atoms with Crippen LogP contribution in [0.15, 0.2) is 12.4 Å². The molecule has 0 bridgehead atoms. The lowest BCUT2D eigenvalue weighted by Gasteiger charge is -2.29. The number of nitrogens with zero attached hydrogens (tertiary/aromatic N) is 3. The van der Waals surface area contributed by atoms with Gasteiger partial charge in [0.25, 0.3) is 0 Å². The van der Waals surface area contributed by atoms with Gasteiger partial charge in [0.05, 0.1) is 24.7 Å². The highest BCUT2D eigenvalue weighted by Crippen LogP contribution is 2.11. The van der Waals surface area contributed by atoms with Gasteiger partial charge in [-0.3, -0.25) is 9.88 Å². The van der Waals surface area contributed by atoms with Gasteiger partial charge >= 0.3 is 0 Å². The van der Waals surface area contributed by atoms with Crippen molar-refractivity contribution in [1.82, 2.24) is 14.9 Å². The second kappa shape index (κ2) is 7.19. The van der Waals surface area contributed by atoms with Crippen LogP contribution >= 0.6 is 0 Å². The molecule has 1 aromatic rings. The highest BCUT2D eigenvalue weighted by molar-refractivity contribution is 5.22. The van der Waals surface area contributed by atoms with Crippen LogP contribution < -0.4 is 5.73 Å². The first-order valence-electron chi connectivity index (χ1n) is 6.12. The second-order valence-corrected chi connectivity index (χ2v) is 4.10. The maximum Gasteiger partial charge on any atom is 0.141 e. The van der Waals surface area contributed by atoms with Crippen molar-refractivity contribution >= 4 is 5.82 Å². The van der Waals surface area contributed by atoms with Gasteiger partial charge in [0.1, 0.15) is 5.82 Å².